The van der Waals surface area contributed by atoms with Crippen LogP contribution >= 0.6 is 0 Å². The Kier molecular flexibility index (Phi) is 5.38. The van der Waals surface area contributed by atoms with Gasteiger partial charge in [-0.15, -0.1) is 0 Å². The third-order valence-corrected chi connectivity index (χ3v) is 4.38. The average molecular weight is 342 g/mol. The lowest BCUT2D eigenvalue weighted by atomic mass is 10.2. The van der Waals surface area contributed by atoms with Crippen LogP contribution in [0.4, 0.5) is 0 Å². The van der Waals surface area contributed by atoms with Gasteiger partial charge in [-0.05, 0) is 30.2 Å². The lowest BCUT2D eigenvalue weighted by molar-refractivity contribution is -0.134. The second kappa shape index (κ2) is 7.88. The summed E-state index contributed by atoms with van der Waals surface area (Å²) in [6.45, 7) is 4.17. The van der Waals surface area contributed by atoms with E-state index >= 15 is 0 Å². The van der Waals surface area contributed by atoms with Crippen molar-refractivity contribution >= 4 is 11.8 Å². The lowest BCUT2D eigenvalue weighted by Gasteiger charge is -2.34. The highest BCUT2D eigenvalue weighted by Gasteiger charge is 2.25. The van der Waals surface area contributed by atoms with E-state index in [1.54, 1.807) is 15.9 Å². The first kappa shape index (κ1) is 17.1. The normalized spacial score (nSPS) is 14.4. The average Bonchev–Trinajstić information content (AvgIpc) is 3.21. The minimum atomic E-state index is -0.0619. The number of nitrogens with zero attached hydrogens (tertiary/aromatic N) is 2. The summed E-state index contributed by atoms with van der Waals surface area (Å²) >= 11 is 0. The summed E-state index contributed by atoms with van der Waals surface area (Å²) in [5, 5.41) is 0. The van der Waals surface area contributed by atoms with Crippen molar-refractivity contribution in [1.82, 2.24) is 9.80 Å². The Labute approximate surface area is 147 Å². The van der Waals surface area contributed by atoms with Crippen molar-refractivity contribution in [3.05, 3.63) is 54.0 Å². The molecule has 25 heavy (non-hydrogen) atoms. The van der Waals surface area contributed by atoms with Crippen molar-refractivity contribution < 1.29 is 18.7 Å². The molecular formula is C19H22N2O4. The number of aryl methyl sites for hydroxylation is 1. The van der Waals surface area contributed by atoms with Gasteiger partial charge in [-0.25, -0.2) is 0 Å². The molecule has 2 amide bonds. The van der Waals surface area contributed by atoms with Crippen LogP contribution in [0.1, 0.15) is 22.8 Å². The van der Waals surface area contributed by atoms with E-state index in [0.29, 0.717) is 37.5 Å². The Balaban J connectivity index is 1.45. The maximum Gasteiger partial charge on any atom is 0.260 e. The van der Waals surface area contributed by atoms with E-state index in [2.05, 4.69) is 6.92 Å². The van der Waals surface area contributed by atoms with Gasteiger partial charge in [0.15, 0.2) is 6.61 Å². The summed E-state index contributed by atoms with van der Waals surface area (Å²) in [5.41, 5.74) is 1.77. The van der Waals surface area contributed by atoms with E-state index in [0.717, 1.165) is 6.42 Å². The van der Waals surface area contributed by atoms with Gasteiger partial charge in [0, 0.05) is 26.2 Å². The van der Waals surface area contributed by atoms with Gasteiger partial charge in [0.1, 0.15) is 12.0 Å². The number of ether oxygens (including phenoxy) is 1. The molecule has 1 aromatic heterocycles. The van der Waals surface area contributed by atoms with Gasteiger partial charge in [-0.1, -0.05) is 19.1 Å². The lowest BCUT2D eigenvalue weighted by Crippen LogP contribution is -2.51. The first-order chi connectivity index (χ1) is 12.2. The van der Waals surface area contributed by atoms with Crippen LogP contribution in [0.3, 0.4) is 0 Å². The van der Waals surface area contributed by atoms with Crippen LogP contribution in [0.25, 0.3) is 0 Å². The van der Waals surface area contributed by atoms with Crippen LogP contribution in [0.2, 0.25) is 0 Å². The van der Waals surface area contributed by atoms with E-state index in [4.69, 9.17) is 9.15 Å². The molecule has 1 fully saturated rings. The molecule has 0 atom stereocenters. The number of carbonyl (C=O) groups excluding carboxylic acids is 2. The fourth-order valence-corrected chi connectivity index (χ4v) is 2.79. The van der Waals surface area contributed by atoms with Gasteiger partial charge in [0.05, 0.1) is 11.8 Å². The van der Waals surface area contributed by atoms with Crippen LogP contribution in [0.15, 0.2) is 47.3 Å². The summed E-state index contributed by atoms with van der Waals surface area (Å²) in [6.07, 6.45) is 3.90. The van der Waals surface area contributed by atoms with Gasteiger partial charge < -0.3 is 19.0 Å². The molecule has 0 spiro atoms. The van der Waals surface area contributed by atoms with Crippen LogP contribution < -0.4 is 4.74 Å². The van der Waals surface area contributed by atoms with Crippen LogP contribution in [0, 0.1) is 0 Å². The van der Waals surface area contributed by atoms with E-state index in [1.165, 1.54) is 18.1 Å². The predicted octanol–water partition coefficient (Wildman–Crippen LogP) is 2.21. The van der Waals surface area contributed by atoms with Crippen LogP contribution in [-0.2, 0) is 11.2 Å². The Morgan fingerprint density at radius 3 is 2.32 bits per heavy atom. The molecule has 1 aliphatic rings. The molecule has 1 aliphatic heterocycles. The van der Waals surface area contributed by atoms with Gasteiger partial charge in [0.2, 0.25) is 0 Å². The maximum atomic E-state index is 12.3. The fraction of sp³-hybridized carbons (Fsp3) is 0.368. The minimum Gasteiger partial charge on any atom is -0.484 e. The molecule has 132 valence electrons. The third kappa shape index (κ3) is 4.21. The predicted molar refractivity (Wildman–Crippen MR) is 92.5 cm³/mol. The summed E-state index contributed by atoms with van der Waals surface area (Å²) < 4.78 is 10.5. The van der Waals surface area contributed by atoms with Gasteiger partial charge in [0.25, 0.3) is 11.8 Å². The van der Waals surface area contributed by atoms with E-state index in [-0.39, 0.29) is 18.4 Å². The molecule has 1 saturated heterocycles. The van der Waals surface area contributed by atoms with Crippen molar-refractivity contribution in [2.24, 2.45) is 0 Å². The third-order valence-electron chi connectivity index (χ3n) is 4.38. The van der Waals surface area contributed by atoms with Gasteiger partial charge >= 0.3 is 0 Å². The van der Waals surface area contributed by atoms with E-state index in [9.17, 15) is 9.59 Å². The van der Waals surface area contributed by atoms with Gasteiger partial charge in [-0.3, -0.25) is 9.59 Å². The molecular weight excluding hydrogens is 320 g/mol. The zero-order chi connectivity index (χ0) is 17.6. The van der Waals surface area contributed by atoms with Crippen molar-refractivity contribution in [3.63, 3.8) is 0 Å². The highest BCUT2D eigenvalue weighted by molar-refractivity contribution is 5.94. The molecule has 2 heterocycles. The molecule has 6 nitrogen and oxygen atoms in total. The summed E-state index contributed by atoms with van der Waals surface area (Å²) in [7, 11) is 0. The first-order valence-corrected chi connectivity index (χ1v) is 8.48. The molecule has 0 saturated carbocycles. The van der Waals surface area contributed by atoms with Crippen molar-refractivity contribution in [3.8, 4) is 5.75 Å². The topological polar surface area (TPSA) is 63.0 Å². The van der Waals surface area contributed by atoms with Crippen molar-refractivity contribution in [2.75, 3.05) is 32.8 Å². The first-order valence-electron chi connectivity index (χ1n) is 8.48. The Morgan fingerprint density at radius 1 is 1.04 bits per heavy atom. The second-order valence-corrected chi connectivity index (χ2v) is 5.97. The van der Waals surface area contributed by atoms with E-state index in [1.807, 2.05) is 24.3 Å². The molecule has 2 aromatic rings. The number of piperazine rings is 1. The number of hydrogen-bond acceptors (Lipinski definition) is 4. The minimum absolute atomic E-state index is 0.0150. The summed E-state index contributed by atoms with van der Waals surface area (Å²) in [4.78, 5) is 28.0. The molecule has 0 unspecified atom stereocenters. The summed E-state index contributed by atoms with van der Waals surface area (Å²) in [5.74, 6) is 0.572. The van der Waals surface area contributed by atoms with E-state index < -0.39 is 0 Å². The van der Waals surface area contributed by atoms with Crippen molar-refractivity contribution in [2.45, 2.75) is 13.3 Å². The molecule has 0 aliphatic carbocycles. The Bertz CT molecular complexity index is 702. The Morgan fingerprint density at radius 2 is 1.72 bits per heavy atom. The van der Waals surface area contributed by atoms with Crippen molar-refractivity contribution in [1.29, 1.82) is 0 Å². The number of rotatable bonds is 5. The molecule has 1 aromatic carbocycles. The molecule has 0 radical (unpaired) electrons. The highest BCUT2D eigenvalue weighted by Crippen LogP contribution is 2.13. The summed E-state index contributed by atoms with van der Waals surface area (Å²) in [6, 6.07) is 9.42. The molecule has 0 N–H and O–H groups in total. The highest BCUT2D eigenvalue weighted by atomic mass is 16.5. The van der Waals surface area contributed by atoms with Crippen LogP contribution in [0.5, 0.6) is 5.75 Å². The standard InChI is InChI=1S/C19H22N2O4/c1-2-15-3-5-17(6-4-15)25-14-18(22)20-8-10-21(11-9-20)19(23)16-7-12-24-13-16/h3-7,12-13H,2,8-11,14H2,1H3. The Hall–Kier alpha value is -2.76. The number of amides is 2. The fourth-order valence-electron chi connectivity index (χ4n) is 2.79. The zero-order valence-electron chi connectivity index (χ0n) is 14.3. The largest absolute Gasteiger partial charge is 0.484 e. The monoisotopic (exact) mass is 342 g/mol. The quantitative estimate of drug-likeness (QED) is 0.836. The SMILES string of the molecule is CCc1ccc(OCC(=O)N2CCN(C(=O)c3ccoc3)CC2)cc1. The molecule has 0 bridgehead atoms. The number of furan rings is 1. The van der Waals surface area contributed by atoms with Gasteiger partial charge in [-0.2, -0.15) is 0 Å². The number of hydrogen-bond donors (Lipinski definition) is 0. The maximum absolute atomic E-state index is 12.3. The zero-order valence-corrected chi connectivity index (χ0v) is 14.3. The molecule has 6 heteroatoms. The molecule has 3 rings (SSSR count). The van der Waals surface area contributed by atoms with Crippen LogP contribution in [-0.4, -0.2) is 54.4 Å². The number of benzene rings is 1. The second-order valence-electron chi connectivity index (χ2n) is 5.97. The smallest absolute Gasteiger partial charge is 0.260 e. The number of carbonyl (C=O) groups is 2.